The normalized spacial score (nSPS) is 26.0. The van der Waals surface area contributed by atoms with Crippen molar-refractivity contribution in [3.63, 3.8) is 0 Å². The van der Waals surface area contributed by atoms with Crippen molar-refractivity contribution in [2.24, 2.45) is 23.5 Å². The maximum Gasteiger partial charge on any atom is 0.391 e. The van der Waals surface area contributed by atoms with Crippen molar-refractivity contribution >= 4 is 5.91 Å². The molecule has 0 saturated heterocycles. The van der Waals surface area contributed by atoms with Gasteiger partial charge in [0.2, 0.25) is 5.91 Å². The SMILES string of the molecule is CC(CN)CN(C)C(=O)C1CCCC(C(F)(F)F)C1. The number of rotatable bonds is 4. The highest BCUT2D eigenvalue weighted by Crippen LogP contribution is 2.40. The standard InChI is InChI=1S/C13H23F3N2O/c1-9(7-17)8-18(2)12(19)10-4-3-5-11(6-10)13(14,15)16/h9-11H,3-8,17H2,1-2H3. The highest BCUT2D eigenvalue weighted by molar-refractivity contribution is 5.78. The van der Waals surface area contributed by atoms with E-state index in [9.17, 15) is 18.0 Å². The maximum absolute atomic E-state index is 12.7. The number of carbonyl (C=O) groups is 1. The molecule has 0 heterocycles. The van der Waals surface area contributed by atoms with Crippen LogP contribution in [-0.2, 0) is 4.79 Å². The fraction of sp³-hybridized carbons (Fsp3) is 0.923. The van der Waals surface area contributed by atoms with Crippen molar-refractivity contribution < 1.29 is 18.0 Å². The van der Waals surface area contributed by atoms with Crippen LogP contribution in [0.5, 0.6) is 0 Å². The number of carbonyl (C=O) groups excluding carboxylic acids is 1. The Morgan fingerprint density at radius 2 is 2.05 bits per heavy atom. The molecule has 0 aliphatic heterocycles. The summed E-state index contributed by atoms with van der Waals surface area (Å²) in [4.78, 5) is 13.7. The van der Waals surface area contributed by atoms with Crippen LogP contribution >= 0.6 is 0 Å². The van der Waals surface area contributed by atoms with Gasteiger partial charge in [0.15, 0.2) is 0 Å². The summed E-state index contributed by atoms with van der Waals surface area (Å²) in [5, 5.41) is 0. The maximum atomic E-state index is 12.7. The Kier molecular flexibility index (Phi) is 5.64. The molecule has 1 amide bonds. The van der Waals surface area contributed by atoms with Crippen LogP contribution in [0.15, 0.2) is 0 Å². The summed E-state index contributed by atoms with van der Waals surface area (Å²) < 4.78 is 38.1. The molecule has 2 N–H and O–H groups in total. The number of hydrogen-bond donors (Lipinski definition) is 1. The van der Waals surface area contributed by atoms with Crippen LogP contribution in [0.4, 0.5) is 13.2 Å². The molecule has 112 valence electrons. The number of alkyl halides is 3. The second-order valence-corrected chi connectivity index (χ2v) is 5.66. The van der Waals surface area contributed by atoms with E-state index in [2.05, 4.69) is 0 Å². The van der Waals surface area contributed by atoms with Crippen molar-refractivity contribution in [1.82, 2.24) is 4.90 Å². The van der Waals surface area contributed by atoms with Crippen molar-refractivity contribution in [2.45, 2.75) is 38.8 Å². The molecule has 3 nitrogen and oxygen atoms in total. The van der Waals surface area contributed by atoms with Crippen LogP contribution in [0.2, 0.25) is 0 Å². The zero-order chi connectivity index (χ0) is 14.6. The van der Waals surface area contributed by atoms with Gasteiger partial charge < -0.3 is 10.6 Å². The molecule has 1 aliphatic rings. The van der Waals surface area contributed by atoms with E-state index in [1.807, 2.05) is 6.92 Å². The quantitative estimate of drug-likeness (QED) is 0.859. The van der Waals surface area contributed by atoms with Gasteiger partial charge in [-0.05, 0) is 31.7 Å². The van der Waals surface area contributed by atoms with Gasteiger partial charge in [-0.2, -0.15) is 13.2 Å². The van der Waals surface area contributed by atoms with Crippen LogP contribution < -0.4 is 5.73 Å². The molecule has 0 radical (unpaired) electrons. The topological polar surface area (TPSA) is 46.3 Å². The summed E-state index contributed by atoms with van der Waals surface area (Å²) in [6.07, 6.45) is -3.06. The zero-order valence-electron chi connectivity index (χ0n) is 11.5. The highest BCUT2D eigenvalue weighted by Gasteiger charge is 2.43. The number of halogens is 3. The van der Waals surface area contributed by atoms with Gasteiger partial charge in [0.1, 0.15) is 0 Å². The first-order valence-corrected chi connectivity index (χ1v) is 6.77. The molecule has 0 aromatic carbocycles. The van der Waals surface area contributed by atoms with Crippen LogP contribution in [0.25, 0.3) is 0 Å². The Hall–Kier alpha value is -0.780. The van der Waals surface area contributed by atoms with Gasteiger partial charge in [-0.1, -0.05) is 13.3 Å². The molecule has 19 heavy (non-hydrogen) atoms. The van der Waals surface area contributed by atoms with Crippen LogP contribution in [0, 0.1) is 17.8 Å². The van der Waals surface area contributed by atoms with E-state index in [1.165, 1.54) is 4.90 Å². The van der Waals surface area contributed by atoms with E-state index < -0.39 is 18.0 Å². The summed E-state index contributed by atoms with van der Waals surface area (Å²) >= 11 is 0. The molecule has 0 aromatic rings. The Morgan fingerprint density at radius 1 is 1.42 bits per heavy atom. The molecular weight excluding hydrogens is 257 g/mol. The molecule has 1 aliphatic carbocycles. The lowest BCUT2D eigenvalue weighted by Gasteiger charge is -2.32. The molecule has 1 rings (SSSR count). The predicted octanol–water partition coefficient (Wildman–Crippen LogP) is 2.41. The molecular formula is C13H23F3N2O. The van der Waals surface area contributed by atoms with Gasteiger partial charge in [-0.15, -0.1) is 0 Å². The minimum absolute atomic E-state index is 0.0658. The first kappa shape index (κ1) is 16.3. The zero-order valence-corrected chi connectivity index (χ0v) is 11.5. The van der Waals surface area contributed by atoms with Crippen LogP contribution in [0.1, 0.15) is 32.6 Å². The van der Waals surface area contributed by atoms with Crippen LogP contribution in [0.3, 0.4) is 0 Å². The largest absolute Gasteiger partial charge is 0.391 e. The number of nitrogens with zero attached hydrogens (tertiary/aromatic N) is 1. The number of hydrogen-bond acceptors (Lipinski definition) is 2. The van der Waals surface area contributed by atoms with E-state index >= 15 is 0 Å². The van der Waals surface area contributed by atoms with E-state index in [0.29, 0.717) is 25.9 Å². The molecule has 1 fully saturated rings. The molecule has 0 aromatic heterocycles. The van der Waals surface area contributed by atoms with E-state index in [1.54, 1.807) is 7.05 Å². The van der Waals surface area contributed by atoms with Crippen molar-refractivity contribution in [3.8, 4) is 0 Å². The average Bonchev–Trinajstić information content (AvgIpc) is 2.36. The van der Waals surface area contributed by atoms with Gasteiger partial charge in [-0.3, -0.25) is 4.79 Å². The third kappa shape index (κ3) is 4.67. The molecule has 6 heteroatoms. The minimum atomic E-state index is -4.18. The first-order valence-electron chi connectivity index (χ1n) is 6.77. The van der Waals surface area contributed by atoms with Gasteiger partial charge in [0.25, 0.3) is 0 Å². The van der Waals surface area contributed by atoms with Gasteiger partial charge in [-0.25, -0.2) is 0 Å². The van der Waals surface area contributed by atoms with Gasteiger partial charge >= 0.3 is 6.18 Å². The fourth-order valence-corrected chi connectivity index (χ4v) is 2.66. The summed E-state index contributed by atoms with van der Waals surface area (Å²) in [6, 6.07) is 0. The van der Waals surface area contributed by atoms with Crippen molar-refractivity contribution in [3.05, 3.63) is 0 Å². The Morgan fingerprint density at radius 3 is 2.58 bits per heavy atom. The van der Waals surface area contributed by atoms with Crippen LogP contribution in [-0.4, -0.2) is 37.1 Å². The third-order valence-corrected chi connectivity index (χ3v) is 3.85. The smallest absolute Gasteiger partial charge is 0.345 e. The number of nitrogens with two attached hydrogens (primary N) is 1. The minimum Gasteiger partial charge on any atom is -0.345 e. The molecule has 0 spiro atoms. The van der Waals surface area contributed by atoms with E-state index in [4.69, 9.17) is 5.73 Å². The first-order chi connectivity index (χ1) is 8.75. The summed E-state index contributed by atoms with van der Waals surface area (Å²) in [6.45, 7) is 2.89. The number of amides is 1. The summed E-state index contributed by atoms with van der Waals surface area (Å²) in [7, 11) is 1.64. The van der Waals surface area contributed by atoms with Gasteiger partial charge in [0.05, 0.1) is 5.92 Å². The average molecular weight is 280 g/mol. The molecule has 3 atom stereocenters. The Balaban J connectivity index is 2.57. The Labute approximate surface area is 112 Å². The lowest BCUT2D eigenvalue weighted by molar-refractivity contribution is -0.187. The summed E-state index contributed by atoms with van der Waals surface area (Å²) in [5.74, 6) is -1.82. The van der Waals surface area contributed by atoms with Crippen molar-refractivity contribution in [2.75, 3.05) is 20.1 Å². The highest BCUT2D eigenvalue weighted by atomic mass is 19.4. The summed E-state index contributed by atoms with van der Waals surface area (Å²) in [5.41, 5.74) is 5.49. The molecule has 0 bridgehead atoms. The van der Waals surface area contributed by atoms with E-state index in [-0.39, 0.29) is 24.7 Å². The second-order valence-electron chi connectivity index (χ2n) is 5.66. The fourth-order valence-electron chi connectivity index (χ4n) is 2.66. The predicted molar refractivity (Wildman–Crippen MR) is 67.4 cm³/mol. The lowest BCUT2D eigenvalue weighted by Crippen LogP contribution is -2.40. The second kappa shape index (κ2) is 6.59. The van der Waals surface area contributed by atoms with Crippen molar-refractivity contribution in [1.29, 1.82) is 0 Å². The third-order valence-electron chi connectivity index (χ3n) is 3.85. The Bertz CT molecular complexity index is 307. The van der Waals surface area contributed by atoms with Gasteiger partial charge in [0, 0.05) is 19.5 Å². The molecule has 3 unspecified atom stereocenters. The molecule has 1 saturated carbocycles. The van der Waals surface area contributed by atoms with E-state index in [0.717, 1.165) is 0 Å². The lowest BCUT2D eigenvalue weighted by atomic mass is 9.80. The monoisotopic (exact) mass is 280 g/mol.